The highest BCUT2D eigenvalue weighted by molar-refractivity contribution is 7.10. The number of nitro benzene ring substituents is 1. The smallest absolute Gasteiger partial charge is 0.410 e. The number of non-ortho nitro benzene ring substituents is 1. The van der Waals surface area contributed by atoms with Crippen LogP contribution in [-0.2, 0) is 0 Å². The number of fused-ring (bicyclic) bond motifs is 1. The van der Waals surface area contributed by atoms with E-state index >= 15 is 0 Å². The van der Waals surface area contributed by atoms with E-state index in [-0.39, 0.29) is 34.4 Å². The standard InChI is InChI=1S/C24H17ClF3N5O4S/c25-20-21(31-32-19(24(26,27)28)12-17(30-22(20)32)18-7-4-8-38-18)23(34)29-13-9-14(33(35)36)11-16(10-13)37-15-5-2-1-3-6-15/h1-11,17,19,30H,12H2,(H,29,34)/t17-,19+/m0/s1. The highest BCUT2D eigenvalue weighted by atomic mass is 35.5. The van der Waals surface area contributed by atoms with Crippen LogP contribution >= 0.6 is 22.9 Å². The first-order chi connectivity index (χ1) is 18.1. The molecule has 0 spiro atoms. The summed E-state index contributed by atoms with van der Waals surface area (Å²) in [6.07, 6.45) is -5.00. The Morgan fingerprint density at radius 2 is 1.95 bits per heavy atom. The molecule has 2 aromatic carbocycles. The van der Waals surface area contributed by atoms with Crippen LogP contribution in [-0.4, -0.2) is 26.8 Å². The number of hydrogen-bond donors (Lipinski definition) is 2. The minimum Gasteiger partial charge on any atom is -0.457 e. The first-order valence-electron chi connectivity index (χ1n) is 11.1. The van der Waals surface area contributed by atoms with E-state index in [1.165, 1.54) is 23.5 Å². The van der Waals surface area contributed by atoms with Crippen molar-refractivity contribution in [3.63, 3.8) is 0 Å². The lowest BCUT2D eigenvalue weighted by Crippen LogP contribution is -2.35. The molecule has 1 aliphatic rings. The largest absolute Gasteiger partial charge is 0.457 e. The number of aromatic nitrogens is 2. The predicted octanol–water partition coefficient (Wildman–Crippen LogP) is 7.21. The average molecular weight is 564 g/mol. The van der Waals surface area contributed by atoms with E-state index in [0.717, 1.165) is 6.07 Å². The number of halogens is 4. The van der Waals surface area contributed by atoms with Gasteiger partial charge in [-0.2, -0.15) is 18.3 Å². The summed E-state index contributed by atoms with van der Waals surface area (Å²) < 4.78 is 48.2. The molecule has 38 heavy (non-hydrogen) atoms. The van der Waals surface area contributed by atoms with Gasteiger partial charge < -0.3 is 15.4 Å². The number of rotatable bonds is 6. The third-order valence-corrected chi connectivity index (χ3v) is 7.08. The van der Waals surface area contributed by atoms with E-state index < -0.39 is 34.8 Å². The number of carbonyl (C=O) groups excluding carboxylic acids is 1. The number of para-hydroxylation sites is 1. The van der Waals surface area contributed by atoms with Gasteiger partial charge in [-0.25, -0.2) is 4.68 Å². The molecule has 0 saturated carbocycles. The summed E-state index contributed by atoms with van der Waals surface area (Å²) in [5.41, 5.74) is -0.872. The Morgan fingerprint density at radius 1 is 1.18 bits per heavy atom. The van der Waals surface area contributed by atoms with Crippen LogP contribution in [0.2, 0.25) is 5.02 Å². The lowest BCUT2D eigenvalue weighted by Gasteiger charge is -2.32. The Kier molecular flexibility index (Phi) is 6.71. The second-order valence-electron chi connectivity index (χ2n) is 8.30. The third-order valence-electron chi connectivity index (χ3n) is 5.74. The fourth-order valence-corrected chi connectivity index (χ4v) is 5.10. The number of anilines is 2. The summed E-state index contributed by atoms with van der Waals surface area (Å²) in [7, 11) is 0. The van der Waals surface area contributed by atoms with Crippen molar-refractivity contribution >= 4 is 46.0 Å². The van der Waals surface area contributed by atoms with E-state index in [1.807, 2.05) is 0 Å². The maximum absolute atomic E-state index is 14.0. The molecule has 1 aliphatic heterocycles. The quantitative estimate of drug-likeness (QED) is 0.189. The number of nitrogens with zero attached hydrogens (tertiary/aromatic N) is 3. The summed E-state index contributed by atoms with van der Waals surface area (Å²) in [4.78, 5) is 24.5. The van der Waals surface area contributed by atoms with Gasteiger partial charge in [-0.3, -0.25) is 14.9 Å². The molecule has 0 bridgehead atoms. The van der Waals surface area contributed by atoms with Crippen molar-refractivity contribution in [2.24, 2.45) is 0 Å². The van der Waals surface area contributed by atoms with Crippen LogP contribution < -0.4 is 15.4 Å². The molecular weight excluding hydrogens is 547 g/mol. The van der Waals surface area contributed by atoms with Gasteiger partial charge in [0.05, 0.1) is 22.7 Å². The number of nitrogens with one attached hydrogen (secondary N) is 2. The number of alkyl halides is 3. The molecule has 2 atom stereocenters. The normalized spacial score (nSPS) is 16.8. The van der Waals surface area contributed by atoms with Crippen molar-refractivity contribution in [2.45, 2.75) is 24.7 Å². The maximum atomic E-state index is 14.0. The van der Waals surface area contributed by atoms with Crippen LogP contribution in [0.15, 0.2) is 66.0 Å². The van der Waals surface area contributed by atoms with Crippen LogP contribution in [0.4, 0.5) is 30.4 Å². The number of carbonyl (C=O) groups is 1. The fraction of sp³-hybridized carbons (Fsp3) is 0.167. The Balaban J connectivity index is 1.46. The van der Waals surface area contributed by atoms with Gasteiger partial charge in [0, 0.05) is 23.4 Å². The summed E-state index contributed by atoms with van der Waals surface area (Å²) in [5, 5.41) is 22.2. The average Bonchev–Trinajstić information content (AvgIpc) is 3.52. The number of amides is 1. The van der Waals surface area contributed by atoms with Crippen molar-refractivity contribution in [3.8, 4) is 11.5 Å². The zero-order chi connectivity index (χ0) is 27.0. The van der Waals surface area contributed by atoms with Gasteiger partial charge in [0.25, 0.3) is 11.6 Å². The molecule has 1 amide bonds. The number of nitro groups is 1. The maximum Gasteiger partial charge on any atom is 0.410 e. The number of benzene rings is 2. The highest BCUT2D eigenvalue weighted by Crippen LogP contribution is 2.47. The number of ether oxygens (including phenoxy) is 1. The molecule has 2 aromatic heterocycles. The molecule has 0 fully saturated rings. The molecule has 0 saturated heterocycles. The summed E-state index contributed by atoms with van der Waals surface area (Å²) >= 11 is 7.66. The fourth-order valence-electron chi connectivity index (χ4n) is 4.05. The lowest BCUT2D eigenvalue weighted by molar-refractivity contribution is -0.384. The Labute approximate surface area is 221 Å². The van der Waals surface area contributed by atoms with Gasteiger partial charge >= 0.3 is 6.18 Å². The van der Waals surface area contributed by atoms with Gasteiger partial charge in [-0.15, -0.1) is 11.3 Å². The van der Waals surface area contributed by atoms with Crippen LogP contribution in [0.3, 0.4) is 0 Å². The van der Waals surface area contributed by atoms with Gasteiger partial charge in [0.1, 0.15) is 22.3 Å². The molecule has 3 heterocycles. The summed E-state index contributed by atoms with van der Waals surface area (Å²) in [6, 6.07) is 12.8. The Hall–Kier alpha value is -4.10. The number of thiophene rings is 1. The van der Waals surface area contributed by atoms with E-state index in [0.29, 0.717) is 15.3 Å². The zero-order valence-corrected chi connectivity index (χ0v) is 20.7. The van der Waals surface area contributed by atoms with Gasteiger partial charge in [0.15, 0.2) is 11.7 Å². The van der Waals surface area contributed by atoms with Crippen molar-refractivity contribution in [1.82, 2.24) is 9.78 Å². The minimum absolute atomic E-state index is 0.0334. The molecule has 0 unspecified atom stereocenters. The zero-order valence-electron chi connectivity index (χ0n) is 19.1. The lowest BCUT2D eigenvalue weighted by atomic mass is 10.0. The Morgan fingerprint density at radius 3 is 2.61 bits per heavy atom. The molecule has 0 radical (unpaired) electrons. The first kappa shape index (κ1) is 25.5. The van der Waals surface area contributed by atoms with Gasteiger partial charge in [0.2, 0.25) is 0 Å². The van der Waals surface area contributed by atoms with Gasteiger partial charge in [-0.1, -0.05) is 35.9 Å². The summed E-state index contributed by atoms with van der Waals surface area (Å²) in [6.45, 7) is 0. The van der Waals surface area contributed by atoms with Crippen LogP contribution in [0.5, 0.6) is 11.5 Å². The highest BCUT2D eigenvalue weighted by Gasteiger charge is 2.48. The molecule has 9 nitrogen and oxygen atoms in total. The summed E-state index contributed by atoms with van der Waals surface area (Å²) in [5.74, 6) is -0.623. The van der Waals surface area contributed by atoms with E-state index in [9.17, 15) is 28.1 Å². The molecule has 2 N–H and O–H groups in total. The van der Waals surface area contributed by atoms with Crippen LogP contribution in [0, 0.1) is 10.1 Å². The number of hydrogen-bond acceptors (Lipinski definition) is 7. The molecule has 0 aliphatic carbocycles. The monoisotopic (exact) mass is 563 g/mol. The molecular formula is C24H17ClF3N5O4S. The molecule has 4 aromatic rings. The third kappa shape index (κ3) is 5.15. The first-order valence-corrected chi connectivity index (χ1v) is 12.3. The SMILES string of the molecule is O=C(Nc1cc(Oc2ccccc2)cc([N+](=O)[O-])c1)c1nn2c(c1Cl)N[C@H](c1cccs1)C[C@@H]2C(F)(F)F. The van der Waals surface area contributed by atoms with Crippen molar-refractivity contribution in [3.05, 3.63) is 91.8 Å². The topological polar surface area (TPSA) is 111 Å². The van der Waals surface area contributed by atoms with Gasteiger partial charge in [-0.05, 0) is 23.6 Å². The van der Waals surface area contributed by atoms with Crippen LogP contribution in [0.25, 0.3) is 0 Å². The predicted molar refractivity (Wildman–Crippen MR) is 135 cm³/mol. The molecule has 196 valence electrons. The van der Waals surface area contributed by atoms with Crippen molar-refractivity contribution in [1.29, 1.82) is 0 Å². The van der Waals surface area contributed by atoms with E-state index in [2.05, 4.69) is 15.7 Å². The Bertz CT molecular complexity index is 1490. The van der Waals surface area contributed by atoms with Crippen molar-refractivity contribution < 1.29 is 27.6 Å². The van der Waals surface area contributed by atoms with E-state index in [4.69, 9.17) is 16.3 Å². The molecule has 5 rings (SSSR count). The molecule has 14 heteroatoms. The minimum atomic E-state index is -4.65. The van der Waals surface area contributed by atoms with Crippen molar-refractivity contribution in [2.75, 3.05) is 10.6 Å². The van der Waals surface area contributed by atoms with E-state index in [1.54, 1.807) is 47.8 Å². The second kappa shape index (κ2) is 9.99. The second-order valence-corrected chi connectivity index (χ2v) is 9.66. The van der Waals surface area contributed by atoms with Crippen LogP contribution in [0.1, 0.15) is 33.9 Å².